The van der Waals surface area contributed by atoms with E-state index in [0.29, 0.717) is 17.4 Å². The predicted molar refractivity (Wildman–Crippen MR) is 106 cm³/mol. The number of anilines is 1. The van der Waals surface area contributed by atoms with Crippen LogP contribution in [-0.2, 0) is 4.79 Å². The van der Waals surface area contributed by atoms with Crippen molar-refractivity contribution in [1.82, 2.24) is 10.3 Å². The lowest BCUT2D eigenvalue weighted by molar-refractivity contribution is -0.118. The first-order valence-electron chi connectivity index (χ1n) is 8.98. The average molecular weight is 381 g/mol. The van der Waals surface area contributed by atoms with Gasteiger partial charge in [-0.1, -0.05) is 26.0 Å². The molecular weight excluding hydrogens is 358 g/mol. The highest BCUT2D eigenvalue weighted by molar-refractivity contribution is 5.94. The highest BCUT2D eigenvalue weighted by Gasteiger charge is 2.16. The van der Waals surface area contributed by atoms with E-state index in [-0.39, 0.29) is 18.3 Å². The topological polar surface area (TPSA) is 86.5 Å². The van der Waals surface area contributed by atoms with Gasteiger partial charge in [0.2, 0.25) is 5.82 Å². The Bertz CT molecular complexity index is 949. The molecule has 0 spiro atoms. The Morgan fingerprint density at radius 2 is 1.89 bits per heavy atom. The van der Waals surface area contributed by atoms with E-state index in [4.69, 9.17) is 14.1 Å². The Morgan fingerprint density at radius 3 is 2.57 bits per heavy atom. The van der Waals surface area contributed by atoms with Crippen molar-refractivity contribution in [3.8, 4) is 22.8 Å². The van der Waals surface area contributed by atoms with Crippen LogP contribution >= 0.6 is 0 Å². The molecule has 0 aliphatic rings. The van der Waals surface area contributed by atoms with Crippen molar-refractivity contribution < 1.29 is 18.9 Å². The third-order valence-corrected chi connectivity index (χ3v) is 4.26. The molecule has 0 bridgehead atoms. The van der Waals surface area contributed by atoms with Crippen molar-refractivity contribution >= 4 is 11.7 Å². The van der Waals surface area contributed by atoms with E-state index >= 15 is 0 Å². The Labute approximate surface area is 163 Å². The lowest BCUT2D eigenvalue weighted by Crippen LogP contribution is -2.21. The van der Waals surface area contributed by atoms with Crippen molar-refractivity contribution in [2.24, 2.45) is 0 Å². The zero-order valence-corrected chi connectivity index (χ0v) is 16.4. The van der Waals surface area contributed by atoms with Gasteiger partial charge in [-0.25, -0.2) is 4.63 Å². The van der Waals surface area contributed by atoms with Crippen LogP contribution in [-0.4, -0.2) is 29.9 Å². The summed E-state index contributed by atoms with van der Waals surface area (Å²) in [5.74, 6) is 1.62. The van der Waals surface area contributed by atoms with Gasteiger partial charge in [-0.05, 0) is 64.6 Å². The van der Waals surface area contributed by atoms with E-state index in [9.17, 15) is 4.79 Å². The molecule has 1 aromatic heterocycles. The van der Waals surface area contributed by atoms with Gasteiger partial charge in [0.15, 0.2) is 12.3 Å². The molecule has 0 atom stereocenters. The molecule has 0 aliphatic heterocycles. The third kappa shape index (κ3) is 4.49. The number of rotatable bonds is 7. The number of ether oxygens (including phenoxy) is 2. The van der Waals surface area contributed by atoms with Gasteiger partial charge in [0, 0.05) is 5.56 Å². The van der Waals surface area contributed by atoms with E-state index in [2.05, 4.69) is 29.5 Å². The number of methoxy groups -OCH3 is 1. The smallest absolute Gasteiger partial charge is 0.263 e. The maximum absolute atomic E-state index is 12.4. The molecule has 0 saturated carbocycles. The first-order valence-corrected chi connectivity index (χ1v) is 8.98. The van der Waals surface area contributed by atoms with Crippen LogP contribution in [0.4, 0.5) is 5.82 Å². The zero-order valence-electron chi connectivity index (χ0n) is 16.4. The first-order chi connectivity index (χ1) is 13.5. The number of nitrogens with one attached hydrogen (secondary N) is 1. The fraction of sp³-hybridized carbons (Fsp3) is 0.286. The molecule has 1 N–H and O–H groups in total. The summed E-state index contributed by atoms with van der Waals surface area (Å²) in [6, 6.07) is 13.2. The minimum absolute atomic E-state index is 0.141. The molecule has 1 amide bonds. The molecule has 7 nitrogen and oxygen atoms in total. The summed E-state index contributed by atoms with van der Waals surface area (Å²) in [5, 5.41) is 10.4. The lowest BCUT2D eigenvalue weighted by Gasteiger charge is -2.14. The predicted octanol–water partition coefficient (Wildman–Crippen LogP) is 4.19. The Kier molecular flexibility index (Phi) is 5.93. The molecule has 1 heterocycles. The quantitative estimate of drug-likeness (QED) is 0.660. The second-order valence-corrected chi connectivity index (χ2v) is 6.72. The van der Waals surface area contributed by atoms with Gasteiger partial charge in [-0.15, -0.1) is 0 Å². The number of hydrogen-bond donors (Lipinski definition) is 1. The number of carbonyl (C=O) groups is 1. The molecule has 3 aromatic rings. The van der Waals surface area contributed by atoms with Gasteiger partial charge in [0.05, 0.1) is 7.11 Å². The molecule has 0 unspecified atom stereocenters. The second kappa shape index (κ2) is 8.56. The molecule has 3 rings (SSSR count). The largest absolute Gasteiger partial charge is 0.497 e. The van der Waals surface area contributed by atoms with Crippen LogP contribution in [0.1, 0.15) is 30.9 Å². The highest BCUT2D eigenvalue weighted by Crippen LogP contribution is 2.28. The third-order valence-electron chi connectivity index (χ3n) is 4.26. The summed E-state index contributed by atoms with van der Waals surface area (Å²) in [7, 11) is 1.59. The maximum Gasteiger partial charge on any atom is 0.263 e. The molecule has 0 saturated heterocycles. The van der Waals surface area contributed by atoms with Crippen molar-refractivity contribution in [3.05, 3.63) is 53.6 Å². The Balaban J connectivity index is 1.68. The van der Waals surface area contributed by atoms with Crippen molar-refractivity contribution in [2.45, 2.75) is 26.7 Å². The zero-order chi connectivity index (χ0) is 20.1. The monoisotopic (exact) mass is 381 g/mol. The number of hydrogen-bond acceptors (Lipinski definition) is 6. The van der Waals surface area contributed by atoms with E-state index < -0.39 is 0 Å². The van der Waals surface area contributed by atoms with Crippen LogP contribution in [0.3, 0.4) is 0 Å². The molecule has 0 aliphatic carbocycles. The van der Waals surface area contributed by atoms with E-state index in [0.717, 1.165) is 22.4 Å². The van der Waals surface area contributed by atoms with Crippen LogP contribution in [0, 0.1) is 6.92 Å². The maximum atomic E-state index is 12.4. The Hall–Kier alpha value is -3.35. The molecule has 0 fully saturated rings. The number of carbonyl (C=O) groups excluding carboxylic acids is 1. The van der Waals surface area contributed by atoms with Gasteiger partial charge in [-0.2, -0.15) is 0 Å². The van der Waals surface area contributed by atoms with Gasteiger partial charge in [-0.3, -0.25) is 4.79 Å². The number of amides is 1. The number of aryl methyl sites for hydroxylation is 1. The van der Waals surface area contributed by atoms with E-state index in [1.54, 1.807) is 19.2 Å². The molecular formula is C21H23N3O4. The van der Waals surface area contributed by atoms with Crippen LogP contribution in [0.15, 0.2) is 47.1 Å². The fourth-order valence-electron chi connectivity index (χ4n) is 2.76. The highest BCUT2D eigenvalue weighted by atomic mass is 16.6. The van der Waals surface area contributed by atoms with Crippen LogP contribution in [0.2, 0.25) is 0 Å². The van der Waals surface area contributed by atoms with Gasteiger partial charge < -0.3 is 14.8 Å². The minimum Gasteiger partial charge on any atom is -0.497 e. The molecule has 2 aromatic carbocycles. The molecule has 0 radical (unpaired) electrons. The number of aromatic nitrogens is 2. The summed E-state index contributed by atoms with van der Waals surface area (Å²) < 4.78 is 15.7. The molecule has 28 heavy (non-hydrogen) atoms. The fourth-order valence-corrected chi connectivity index (χ4v) is 2.76. The lowest BCUT2D eigenvalue weighted by atomic mass is 10.0. The van der Waals surface area contributed by atoms with E-state index in [1.807, 2.05) is 37.3 Å². The van der Waals surface area contributed by atoms with E-state index in [1.165, 1.54) is 0 Å². The van der Waals surface area contributed by atoms with Crippen LogP contribution < -0.4 is 14.8 Å². The van der Waals surface area contributed by atoms with Gasteiger partial charge in [0.1, 0.15) is 11.5 Å². The summed E-state index contributed by atoms with van der Waals surface area (Å²) in [4.78, 5) is 12.4. The van der Waals surface area contributed by atoms with Crippen LogP contribution in [0.5, 0.6) is 11.5 Å². The van der Waals surface area contributed by atoms with Gasteiger partial charge in [0.25, 0.3) is 5.91 Å². The Morgan fingerprint density at radius 1 is 1.14 bits per heavy atom. The minimum atomic E-state index is -0.346. The van der Waals surface area contributed by atoms with Crippen molar-refractivity contribution in [3.63, 3.8) is 0 Å². The molecule has 7 heteroatoms. The summed E-state index contributed by atoms with van der Waals surface area (Å²) in [6.45, 7) is 6.01. The van der Waals surface area contributed by atoms with Crippen LogP contribution in [0.25, 0.3) is 11.3 Å². The first kappa shape index (κ1) is 19.4. The van der Waals surface area contributed by atoms with Crippen molar-refractivity contribution in [2.75, 3.05) is 19.0 Å². The van der Waals surface area contributed by atoms with Crippen molar-refractivity contribution in [1.29, 1.82) is 0 Å². The summed E-state index contributed by atoms with van der Waals surface area (Å²) >= 11 is 0. The summed E-state index contributed by atoms with van der Waals surface area (Å²) in [5.41, 5.74) is 3.32. The summed E-state index contributed by atoms with van der Waals surface area (Å²) in [6.07, 6.45) is 0. The normalized spacial score (nSPS) is 10.8. The SMILES string of the molecule is COc1ccc(-c2nonc2NC(=O)COc2cc(C)ccc2C(C)C)cc1. The number of nitrogens with zero attached hydrogens (tertiary/aromatic N) is 2. The molecule has 146 valence electrons. The standard InChI is InChI=1S/C21H23N3O4/c1-13(2)17-10-5-14(3)11-18(17)27-12-19(25)22-21-20(23-28-24-21)15-6-8-16(26-4)9-7-15/h5-11,13H,12H2,1-4H3,(H,22,24,25). The second-order valence-electron chi connectivity index (χ2n) is 6.72. The number of benzene rings is 2. The van der Waals surface area contributed by atoms with Gasteiger partial charge >= 0.3 is 0 Å². The average Bonchev–Trinajstić information content (AvgIpc) is 3.14.